The lowest BCUT2D eigenvalue weighted by molar-refractivity contribution is -0.897. The van der Waals surface area contributed by atoms with E-state index in [0.717, 1.165) is 49.8 Å². The van der Waals surface area contributed by atoms with Crippen molar-refractivity contribution < 1.29 is 9.69 Å². The van der Waals surface area contributed by atoms with E-state index in [9.17, 15) is 4.79 Å². The maximum Gasteiger partial charge on any atom is 0.275 e. The predicted molar refractivity (Wildman–Crippen MR) is 96.4 cm³/mol. The molecule has 2 N–H and O–H groups in total. The van der Waals surface area contributed by atoms with Crippen molar-refractivity contribution in [3.05, 3.63) is 24.3 Å². The minimum Gasteiger partial charge on any atom is -0.348 e. The minimum atomic E-state index is 0.228. The van der Waals surface area contributed by atoms with Crippen molar-refractivity contribution in [3.63, 3.8) is 0 Å². The number of aromatic nitrogens is 3. The minimum absolute atomic E-state index is 0.228. The molecule has 0 radical (unpaired) electrons. The van der Waals surface area contributed by atoms with Gasteiger partial charge in [0.05, 0.1) is 24.6 Å². The number of para-hydroxylation sites is 1. The first-order chi connectivity index (χ1) is 12.3. The number of carbonyl (C=O) groups excluding carboxylic acids is 1. The number of amides is 1. The Morgan fingerprint density at radius 2 is 1.88 bits per heavy atom. The molecule has 2 heterocycles. The molecule has 25 heavy (non-hydrogen) atoms. The van der Waals surface area contributed by atoms with Gasteiger partial charge in [0.2, 0.25) is 0 Å². The van der Waals surface area contributed by atoms with Crippen molar-refractivity contribution >= 4 is 16.9 Å². The Kier molecular flexibility index (Phi) is 4.97. The Morgan fingerprint density at radius 1 is 1.12 bits per heavy atom. The van der Waals surface area contributed by atoms with Crippen molar-refractivity contribution in [1.82, 2.24) is 20.3 Å². The van der Waals surface area contributed by atoms with Crippen molar-refractivity contribution in [2.45, 2.75) is 57.0 Å². The number of hydrogen-bond donors (Lipinski definition) is 2. The van der Waals surface area contributed by atoms with E-state index in [4.69, 9.17) is 0 Å². The van der Waals surface area contributed by atoms with Crippen LogP contribution in [0.5, 0.6) is 0 Å². The Balaban J connectivity index is 1.28. The molecule has 2 aliphatic rings. The van der Waals surface area contributed by atoms with Gasteiger partial charge in [0.25, 0.3) is 5.91 Å². The SMILES string of the molecule is O=C(C[NH+]1CCC(n2nnc3ccccc32)CC1)NC1CCCCC1. The second-order valence-electron chi connectivity index (χ2n) is 7.58. The van der Waals surface area contributed by atoms with Gasteiger partial charge >= 0.3 is 0 Å². The molecule has 1 saturated heterocycles. The lowest BCUT2D eigenvalue weighted by Crippen LogP contribution is -3.14. The molecular weight excluding hydrogens is 314 g/mol. The summed E-state index contributed by atoms with van der Waals surface area (Å²) < 4.78 is 2.08. The normalized spacial score (nSPS) is 25.1. The first kappa shape index (κ1) is 16.5. The van der Waals surface area contributed by atoms with Crippen LogP contribution in [0.2, 0.25) is 0 Å². The highest BCUT2D eigenvalue weighted by Gasteiger charge is 2.27. The van der Waals surface area contributed by atoms with E-state index >= 15 is 0 Å². The lowest BCUT2D eigenvalue weighted by Gasteiger charge is -2.30. The molecule has 2 aromatic rings. The average Bonchev–Trinajstić information content (AvgIpc) is 3.07. The van der Waals surface area contributed by atoms with Crippen molar-refractivity contribution in [2.75, 3.05) is 19.6 Å². The monoisotopic (exact) mass is 342 g/mol. The lowest BCUT2D eigenvalue weighted by atomic mass is 9.95. The zero-order chi connectivity index (χ0) is 17.1. The van der Waals surface area contributed by atoms with Crippen LogP contribution in [0.1, 0.15) is 51.0 Å². The number of rotatable bonds is 4. The van der Waals surface area contributed by atoms with Crippen LogP contribution in [0, 0.1) is 0 Å². The zero-order valence-corrected chi connectivity index (χ0v) is 14.8. The highest BCUT2D eigenvalue weighted by Crippen LogP contribution is 2.21. The molecule has 6 heteroatoms. The van der Waals surface area contributed by atoms with Gasteiger partial charge in [0.1, 0.15) is 5.52 Å². The molecular formula is C19H28N5O+. The molecule has 0 atom stereocenters. The van der Waals surface area contributed by atoms with Gasteiger partial charge in [-0.1, -0.05) is 36.6 Å². The summed E-state index contributed by atoms with van der Waals surface area (Å²) in [5, 5.41) is 11.9. The first-order valence-corrected chi connectivity index (χ1v) is 9.72. The topological polar surface area (TPSA) is 64.2 Å². The molecule has 1 amide bonds. The summed E-state index contributed by atoms with van der Waals surface area (Å²) in [6.07, 6.45) is 8.26. The molecule has 2 fully saturated rings. The van der Waals surface area contributed by atoms with Crippen LogP contribution in [0.3, 0.4) is 0 Å². The molecule has 1 aromatic heterocycles. The summed E-state index contributed by atoms with van der Waals surface area (Å²) in [5.74, 6) is 0.228. The molecule has 0 unspecified atom stereocenters. The van der Waals surface area contributed by atoms with E-state index in [-0.39, 0.29) is 5.91 Å². The molecule has 4 rings (SSSR count). The molecule has 1 saturated carbocycles. The third kappa shape index (κ3) is 3.84. The van der Waals surface area contributed by atoms with E-state index in [1.807, 2.05) is 18.2 Å². The van der Waals surface area contributed by atoms with Crippen LogP contribution in [0.4, 0.5) is 0 Å². The van der Waals surface area contributed by atoms with E-state index in [2.05, 4.69) is 26.4 Å². The van der Waals surface area contributed by atoms with Gasteiger partial charge in [-0.3, -0.25) is 4.79 Å². The zero-order valence-electron chi connectivity index (χ0n) is 14.8. The maximum absolute atomic E-state index is 12.3. The quantitative estimate of drug-likeness (QED) is 0.875. The third-order valence-corrected chi connectivity index (χ3v) is 5.77. The number of quaternary nitrogens is 1. The molecule has 0 spiro atoms. The Bertz CT molecular complexity index is 713. The number of piperidine rings is 1. The van der Waals surface area contributed by atoms with E-state index in [1.165, 1.54) is 24.2 Å². The highest BCUT2D eigenvalue weighted by molar-refractivity contribution is 5.77. The van der Waals surface area contributed by atoms with Gasteiger partial charge in [-0.25, -0.2) is 4.68 Å². The fourth-order valence-corrected chi connectivity index (χ4v) is 4.34. The van der Waals surface area contributed by atoms with Gasteiger partial charge in [-0.2, -0.15) is 0 Å². The van der Waals surface area contributed by atoms with E-state index in [0.29, 0.717) is 18.6 Å². The van der Waals surface area contributed by atoms with E-state index in [1.54, 1.807) is 0 Å². The second-order valence-corrected chi connectivity index (χ2v) is 7.58. The number of likely N-dealkylation sites (tertiary alicyclic amines) is 1. The second kappa shape index (κ2) is 7.52. The smallest absolute Gasteiger partial charge is 0.275 e. The van der Waals surface area contributed by atoms with Crippen LogP contribution >= 0.6 is 0 Å². The van der Waals surface area contributed by atoms with Crippen LogP contribution in [0.15, 0.2) is 24.3 Å². The molecule has 1 aliphatic carbocycles. The summed E-state index contributed by atoms with van der Waals surface area (Å²) in [6, 6.07) is 8.95. The van der Waals surface area contributed by atoms with Crippen molar-refractivity contribution in [3.8, 4) is 0 Å². The summed E-state index contributed by atoms with van der Waals surface area (Å²) in [4.78, 5) is 13.7. The van der Waals surface area contributed by atoms with Crippen LogP contribution in [-0.4, -0.2) is 46.6 Å². The number of nitrogens with zero attached hydrogens (tertiary/aromatic N) is 3. The summed E-state index contributed by atoms with van der Waals surface area (Å²) >= 11 is 0. The van der Waals surface area contributed by atoms with Gasteiger partial charge in [0.15, 0.2) is 6.54 Å². The molecule has 134 valence electrons. The standard InChI is InChI=1S/C19H27N5O/c25-19(20-15-6-2-1-3-7-15)14-23-12-10-16(11-13-23)24-18-9-5-4-8-17(18)21-22-24/h4-5,8-9,15-16H,1-3,6-7,10-14H2,(H,20,25)/p+1. The number of hydrogen-bond acceptors (Lipinski definition) is 3. The Morgan fingerprint density at radius 3 is 2.68 bits per heavy atom. The average molecular weight is 342 g/mol. The summed E-state index contributed by atoms with van der Waals surface area (Å²) in [7, 11) is 0. The van der Waals surface area contributed by atoms with Crippen molar-refractivity contribution in [2.24, 2.45) is 0 Å². The van der Waals surface area contributed by atoms with Crippen molar-refractivity contribution in [1.29, 1.82) is 0 Å². The van der Waals surface area contributed by atoms with E-state index < -0.39 is 0 Å². The molecule has 0 bridgehead atoms. The van der Waals surface area contributed by atoms with Crippen LogP contribution in [-0.2, 0) is 4.79 Å². The molecule has 6 nitrogen and oxygen atoms in total. The predicted octanol–water partition coefficient (Wildman–Crippen LogP) is 1.10. The van der Waals surface area contributed by atoms with Gasteiger partial charge < -0.3 is 10.2 Å². The third-order valence-electron chi connectivity index (χ3n) is 5.77. The van der Waals surface area contributed by atoms with Gasteiger partial charge in [-0.05, 0) is 25.0 Å². The van der Waals surface area contributed by atoms with Crippen LogP contribution in [0.25, 0.3) is 11.0 Å². The number of benzene rings is 1. The largest absolute Gasteiger partial charge is 0.348 e. The number of nitrogens with one attached hydrogen (secondary N) is 2. The number of carbonyl (C=O) groups is 1. The van der Waals surface area contributed by atoms with Gasteiger partial charge in [0, 0.05) is 18.9 Å². The fraction of sp³-hybridized carbons (Fsp3) is 0.632. The first-order valence-electron chi connectivity index (χ1n) is 9.72. The molecule has 1 aliphatic heterocycles. The van der Waals surface area contributed by atoms with Gasteiger partial charge in [-0.15, -0.1) is 5.10 Å². The highest BCUT2D eigenvalue weighted by atomic mass is 16.2. The number of fused-ring (bicyclic) bond motifs is 1. The fourth-order valence-electron chi connectivity index (χ4n) is 4.34. The summed E-state index contributed by atoms with van der Waals surface area (Å²) in [6.45, 7) is 2.66. The Labute approximate surface area is 148 Å². The Hall–Kier alpha value is -1.95. The van der Waals surface area contributed by atoms with Crippen LogP contribution < -0.4 is 10.2 Å². The maximum atomic E-state index is 12.3. The molecule has 1 aromatic carbocycles. The summed E-state index contributed by atoms with van der Waals surface area (Å²) in [5.41, 5.74) is 2.08.